The van der Waals surface area contributed by atoms with Crippen molar-refractivity contribution in [2.45, 2.75) is 13.8 Å². The predicted octanol–water partition coefficient (Wildman–Crippen LogP) is 1.99. The van der Waals surface area contributed by atoms with Gasteiger partial charge in [0.1, 0.15) is 17.2 Å². The summed E-state index contributed by atoms with van der Waals surface area (Å²) in [5.74, 6) is 1.20. The van der Waals surface area contributed by atoms with Crippen molar-refractivity contribution in [3.05, 3.63) is 17.7 Å². The number of aryl methyl sites for hydroxylation is 1. The van der Waals surface area contributed by atoms with E-state index >= 15 is 0 Å². The van der Waals surface area contributed by atoms with Gasteiger partial charge in [0.05, 0.1) is 14.2 Å². The van der Waals surface area contributed by atoms with Gasteiger partial charge in [0.25, 0.3) is 0 Å². The standard InChI is InChI=1S/C12H17NO3/c1-8-6-10(15-4)12(11(7-8)16-5)13(3)9(2)14/h6-7H,1-5H3. The highest BCUT2D eigenvalue weighted by Gasteiger charge is 2.17. The fourth-order valence-electron chi connectivity index (χ4n) is 1.51. The van der Waals surface area contributed by atoms with E-state index < -0.39 is 0 Å². The number of anilines is 1. The second-order valence-corrected chi connectivity index (χ2v) is 3.60. The van der Waals surface area contributed by atoms with Crippen LogP contribution in [0.25, 0.3) is 0 Å². The molecule has 1 aromatic carbocycles. The van der Waals surface area contributed by atoms with Gasteiger partial charge in [-0.3, -0.25) is 4.79 Å². The fourth-order valence-corrected chi connectivity index (χ4v) is 1.51. The quantitative estimate of drug-likeness (QED) is 0.786. The largest absolute Gasteiger partial charge is 0.494 e. The smallest absolute Gasteiger partial charge is 0.223 e. The number of amides is 1. The van der Waals surface area contributed by atoms with Crippen molar-refractivity contribution >= 4 is 11.6 Å². The average molecular weight is 223 g/mol. The first kappa shape index (κ1) is 12.4. The van der Waals surface area contributed by atoms with Gasteiger partial charge in [0.15, 0.2) is 0 Å². The second kappa shape index (κ2) is 4.88. The summed E-state index contributed by atoms with van der Waals surface area (Å²) in [6.45, 7) is 3.45. The summed E-state index contributed by atoms with van der Waals surface area (Å²) < 4.78 is 10.5. The lowest BCUT2D eigenvalue weighted by atomic mass is 10.1. The van der Waals surface area contributed by atoms with E-state index in [0.29, 0.717) is 17.2 Å². The molecular formula is C12H17NO3. The number of rotatable bonds is 3. The molecule has 1 rings (SSSR count). The Morgan fingerprint density at radius 1 is 1.19 bits per heavy atom. The van der Waals surface area contributed by atoms with E-state index in [1.165, 1.54) is 11.8 Å². The maximum absolute atomic E-state index is 11.4. The van der Waals surface area contributed by atoms with Gasteiger partial charge in [0, 0.05) is 14.0 Å². The molecule has 0 atom stereocenters. The van der Waals surface area contributed by atoms with E-state index in [2.05, 4.69) is 0 Å². The zero-order valence-corrected chi connectivity index (χ0v) is 10.3. The summed E-state index contributed by atoms with van der Waals surface area (Å²) in [4.78, 5) is 12.9. The number of methoxy groups -OCH3 is 2. The molecule has 0 heterocycles. The Bertz CT molecular complexity index is 376. The average Bonchev–Trinajstić information content (AvgIpc) is 2.26. The molecule has 0 aliphatic rings. The van der Waals surface area contributed by atoms with E-state index in [4.69, 9.17) is 9.47 Å². The summed E-state index contributed by atoms with van der Waals surface area (Å²) >= 11 is 0. The summed E-state index contributed by atoms with van der Waals surface area (Å²) in [5.41, 5.74) is 1.68. The monoisotopic (exact) mass is 223 g/mol. The zero-order valence-electron chi connectivity index (χ0n) is 10.3. The number of ether oxygens (including phenoxy) is 2. The Labute approximate surface area is 95.8 Å². The first-order chi connectivity index (χ1) is 7.51. The van der Waals surface area contributed by atoms with Crippen LogP contribution in [0.4, 0.5) is 5.69 Å². The van der Waals surface area contributed by atoms with Crippen LogP contribution >= 0.6 is 0 Å². The molecule has 0 fully saturated rings. The van der Waals surface area contributed by atoms with Gasteiger partial charge in [-0.05, 0) is 24.6 Å². The molecule has 0 bridgehead atoms. The summed E-state index contributed by atoms with van der Waals surface area (Å²) in [6, 6.07) is 3.74. The molecule has 0 saturated carbocycles. The number of hydrogen-bond donors (Lipinski definition) is 0. The van der Waals surface area contributed by atoms with Crippen molar-refractivity contribution in [3.8, 4) is 11.5 Å². The molecule has 16 heavy (non-hydrogen) atoms. The second-order valence-electron chi connectivity index (χ2n) is 3.60. The minimum Gasteiger partial charge on any atom is -0.494 e. The van der Waals surface area contributed by atoms with Gasteiger partial charge in [-0.2, -0.15) is 0 Å². The molecule has 0 aliphatic heterocycles. The van der Waals surface area contributed by atoms with Gasteiger partial charge in [0.2, 0.25) is 5.91 Å². The van der Waals surface area contributed by atoms with Crippen molar-refractivity contribution in [2.75, 3.05) is 26.2 Å². The Hall–Kier alpha value is -1.71. The highest BCUT2D eigenvalue weighted by molar-refractivity contribution is 5.94. The maximum atomic E-state index is 11.4. The third kappa shape index (κ3) is 2.27. The van der Waals surface area contributed by atoms with Crippen LogP contribution < -0.4 is 14.4 Å². The third-order valence-corrected chi connectivity index (χ3v) is 2.43. The Morgan fingerprint density at radius 2 is 1.62 bits per heavy atom. The molecule has 88 valence electrons. The topological polar surface area (TPSA) is 38.8 Å². The molecule has 1 aromatic rings. The molecule has 4 heteroatoms. The molecule has 0 radical (unpaired) electrons. The molecule has 4 nitrogen and oxygen atoms in total. The van der Waals surface area contributed by atoms with E-state index in [9.17, 15) is 4.79 Å². The molecule has 1 amide bonds. The molecule has 0 unspecified atom stereocenters. The third-order valence-electron chi connectivity index (χ3n) is 2.43. The van der Waals surface area contributed by atoms with E-state index in [1.54, 1.807) is 21.3 Å². The van der Waals surface area contributed by atoms with Crippen LogP contribution in [-0.2, 0) is 4.79 Å². The van der Waals surface area contributed by atoms with Gasteiger partial charge in [-0.15, -0.1) is 0 Å². The first-order valence-corrected chi connectivity index (χ1v) is 4.98. The number of carbonyl (C=O) groups is 1. The molecule has 0 saturated heterocycles. The van der Waals surface area contributed by atoms with Crippen LogP contribution in [0.5, 0.6) is 11.5 Å². The molecule has 0 spiro atoms. The molecular weight excluding hydrogens is 206 g/mol. The van der Waals surface area contributed by atoms with Crippen LogP contribution in [0.3, 0.4) is 0 Å². The SMILES string of the molecule is COc1cc(C)cc(OC)c1N(C)C(C)=O. The lowest BCUT2D eigenvalue weighted by Crippen LogP contribution is -2.24. The highest BCUT2D eigenvalue weighted by Crippen LogP contribution is 2.38. The Balaban J connectivity index is 3.38. The van der Waals surface area contributed by atoms with Gasteiger partial charge in [-0.25, -0.2) is 0 Å². The lowest BCUT2D eigenvalue weighted by Gasteiger charge is -2.21. The molecule has 0 N–H and O–H groups in total. The van der Waals surface area contributed by atoms with Crippen LogP contribution in [0.15, 0.2) is 12.1 Å². The van der Waals surface area contributed by atoms with Crippen LogP contribution in [-0.4, -0.2) is 27.2 Å². The van der Waals surface area contributed by atoms with Gasteiger partial charge < -0.3 is 14.4 Å². The predicted molar refractivity (Wildman–Crippen MR) is 63.4 cm³/mol. The van der Waals surface area contributed by atoms with Crippen molar-refractivity contribution < 1.29 is 14.3 Å². The minimum absolute atomic E-state index is 0.0690. The Kier molecular flexibility index (Phi) is 3.77. The van der Waals surface area contributed by atoms with Crippen LogP contribution in [0.2, 0.25) is 0 Å². The maximum Gasteiger partial charge on any atom is 0.223 e. The molecule has 0 aliphatic carbocycles. The first-order valence-electron chi connectivity index (χ1n) is 4.98. The molecule has 0 aromatic heterocycles. The summed E-state index contributed by atoms with van der Waals surface area (Å²) in [6.07, 6.45) is 0. The van der Waals surface area contributed by atoms with Crippen molar-refractivity contribution in [1.29, 1.82) is 0 Å². The van der Waals surface area contributed by atoms with Crippen molar-refractivity contribution in [1.82, 2.24) is 0 Å². The fraction of sp³-hybridized carbons (Fsp3) is 0.417. The number of carbonyl (C=O) groups excluding carboxylic acids is 1. The van der Waals surface area contributed by atoms with Gasteiger partial charge in [-0.1, -0.05) is 0 Å². The van der Waals surface area contributed by atoms with E-state index in [1.807, 2.05) is 19.1 Å². The Morgan fingerprint density at radius 3 is 1.94 bits per heavy atom. The van der Waals surface area contributed by atoms with E-state index in [-0.39, 0.29) is 5.91 Å². The van der Waals surface area contributed by atoms with Crippen molar-refractivity contribution in [3.63, 3.8) is 0 Å². The number of benzene rings is 1. The summed E-state index contributed by atoms with van der Waals surface area (Å²) in [5, 5.41) is 0. The number of hydrogen-bond acceptors (Lipinski definition) is 3. The zero-order chi connectivity index (χ0) is 12.3. The van der Waals surface area contributed by atoms with Crippen LogP contribution in [0.1, 0.15) is 12.5 Å². The van der Waals surface area contributed by atoms with Gasteiger partial charge >= 0.3 is 0 Å². The number of nitrogens with zero attached hydrogens (tertiary/aromatic N) is 1. The normalized spacial score (nSPS) is 9.81. The van der Waals surface area contributed by atoms with Crippen molar-refractivity contribution in [2.24, 2.45) is 0 Å². The van der Waals surface area contributed by atoms with E-state index in [0.717, 1.165) is 5.56 Å². The lowest BCUT2D eigenvalue weighted by molar-refractivity contribution is -0.116. The summed E-state index contributed by atoms with van der Waals surface area (Å²) in [7, 11) is 4.84. The van der Waals surface area contributed by atoms with Crippen LogP contribution in [0, 0.1) is 6.92 Å². The minimum atomic E-state index is -0.0690. The highest BCUT2D eigenvalue weighted by atomic mass is 16.5.